The molecule has 0 saturated heterocycles. The monoisotopic (exact) mass is 506 g/mol. The van der Waals surface area contributed by atoms with Crippen LogP contribution in [0, 0.1) is 0 Å². The number of amides is 2. The smallest absolute Gasteiger partial charge is 0.234 e. The van der Waals surface area contributed by atoms with E-state index < -0.39 is 0 Å². The molecule has 5 rings (SSSR count). The maximum absolute atomic E-state index is 13.1. The second-order valence-electron chi connectivity index (χ2n) is 8.51. The van der Waals surface area contributed by atoms with Gasteiger partial charge < -0.3 is 10.6 Å². The lowest BCUT2D eigenvalue weighted by atomic mass is 9.83. The summed E-state index contributed by atoms with van der Waals surface area (Å²) >= 11 is 1.31. The molecule has 0 unspecified atom stereocenters. The summed E-state index contributed by atoms with van der Waals surface area (Å²) in [4.78, 5) is 52.0. The zero-order chi connectivity index (χ0) is 25.8. The van der Waals surface area contributed by atoms with E-state index in [1.54, 1.807) is 48.5 Å². The molecule has 0 spiro atoms. The summed E-state index contributed by atoms with van der Waals surface area (Å²) in [7, 11) is 0. The van der Waals surface area contributed by atoms with Gasteiger partial charge in [0.15, 0.2) is 11.6 Å². The van der Waals surface area contributed by atoms with Gasteiger partial charge in [0.1, 0.15) is 0 Å². The molecular formula is C30H22N2O4S. The average molecular weight is 507 g/mol. The van der Waals surface area contributed by atoms with Crippen LogP contribution in [0.4, 0.5) is 11.4 Å². The van der Waals surface area contributed by atoms with Crippen LogP contribution in [0.1, 0.15) is 37.4 Å². The molecule has 2 N–H and O–H groups in total. The molecule has 0 heterocycles. The molecule has 1 aliphatic rings. The molecule has 0 bridgehead atoms. The number of carbonyl (C=O) groups is 4. The van der Waals surface area contributed by atoms with Crippen molar-refractivity contribution in [1.82, 2.24) is 0 Å². The zero-order valence-electron chi connectivity index (χ0n) is 19.7. The second-order valence-corrected chi connectivity index (χ2v) is 9.56. The number of ketones is 2. The highest BCUT2D eigenvalue weighted by Gasteiger charge is 2.31. The van der Waals surface area contributed by atoms with Crippen LogP contribution in [-0.2, 0) is 16.0 Å². The lowest BCUT2D eigenvalue weighted by Gasteiger charge is -2.20. The third-order valence-electron chi connectivity index (χ3n) is 5.92. The molecule has 0 fully saturated rings. The molecule has 1 aliphatic carbocycles. The highest BCUT2D eigenvalue weighted by molar-refractivity contribution is 8.00. The highest BCUT2D eigenvalue weighted by Crippen LogP contribution is 2.32. The van der Waals surface area contributed by atoms with E-state index in [1.807, 2.05) is 48.5 Å². The van der Waals surface area contributed by atoms with E-state index >= 15 is 0 Å². The normalized spacial score (nSPS) is 11.9. The minimum Gasteiger partial charge on any atom is -0.326 e. The summed E-state index contributed by atoms with van der Waals surface area (Å²) in [6.07, 6.45) is 0.272. The molecule has 0 aliphatic heterocycles. The van der Waals surface area contributed by atoms with E-state index in [-0.39, 0.29) is 46.7 Å². The van der Waals surface area contributed by atoms with Crippen molar-refractivity contribution < 1.29 is 19.2 Å². The molecule has 37 heavy (non-hydrogen) atoms. The van der Waals surface area contributed by atoms with Gasteiger partial charge >= 0.3 is 0 Å². The molecule has 0 radical (unpaired) electrons. The van der Waals surface area contributed by atoms with Crippen LogP contribution in [0.15, 0.2) is 102 Å². The van der Waals surface area contributed by atoms with Crippen molar-refractivity contribution in [3.8, 4) is 0 Å². The SMILES string of the molecule is O=C(Cc1ccccc1)Nc1cccc(SCC(=O)Nc2cccc3c2C(=O)c2ccccc2C3=O)c1. The number of nitrogens with one attached hydrogen (secondary N) is 2. The van der Waals surface area contributed by atoms with Gasteiger partial charge in [-0.3, -0.25) is 19.2 Å². The topological polar surface area (TPSA) is 92.3 Å². The third-order valence-corrected chi connectivity index (χ3v) is 6.92. The van der Waals surface area contributed by atoms with Gasteiger partial charge in [-0.05, 0) is 29.8 Å². The first-order valence-corrected chi connectivity index (χ1v) is 12.7. The van der Waals surface area contributed by atoms with Gasteiger partial charge in [0.05, 0.1) is 23.4 Å². The van der Waals surface area contributed by atoms with Gasteiger partial charge in [0, 0.05) is 27.3 Å². The number of anilines is 2. The molecule has 2 amide bonds. The largest absolute Gasteiger partial charge is 0.326 e. The quantitative estimate of drug-likeness (QED) is 0.290. The third kappa shape index (κ3) is 5.37. The Hall–Kier alpha value is -4.49. The second kappa shape index (κ2) is 10.6. The molecular weight excluding hydrogens is 484 g/mol. The van der Waals surface area contributed by atoms with E-state index in [0.717, 1.165) is 10.5 Å². The maximum atomic E-state index is 13.1. The first-order chi connectivity index (χ1) is 18.0. The van der Waals surface area contributed by atoms with E-state index in [2.05, 4.69) is 10.6 Å². The molecule has 182 valence electrons. The van der Waals surface area contributed by atoms with Crippen molar-refractivity contribution in [3.05, 3.63) is 125 Å². The van der Waals surface area contributed by atoms with E-state index in [1.165, 1.54) is 11.8 Å². The predicted octanol–water partition coefficient (Wildman–Crippen LogP) is 5.37. The Labute approximate surface area is 218 Å². The minimum atomic E-state index is -0.309. The summed E-state index contributed by atoms with van der Waals surface area (Å²) in [5, 5.41) is 5.68. The van der Waals surface area contributed by atoms with Crippen molar-refractivity contribution >= 4 is 46.5 Å². The number of fused-ring (bicyclic) bond motifs is 2. The number of carbonyl (C=O) groups excluding carboxylic acids is 4. The first kappa shape index (κ1) is 24.2. The highest BCUT2D eigenvalue weighted by atomic mass is 32.2. The Morgan fingerprint density at radius 1 is 0.649 bits per heavy atom. The molecule has 4 aromatic rings. The summed E-state index contributed by atoms with van der Waals surface area (Å²) in [6, 6.07) is 28.3. The Morgan fingerprint density at radius 3 is 2.11 bits per heavy atom. The summed E-state index contributed by atoms with van der Waals surface area (Å²) < 4.78 is 0. The van der Waals surface area contributed by atoms with Crippen LogP contribution in [0.2, 0.25) is 0 Å². The lowest BCUT2D eigenvalue weighted by Crippen LogP contribution is -2.24. The first-order valence-electron chi connectivity index (χ1n) is 11.7. The average Bonchev–Trinajstić information content (AvgIpc) is 2.91. The van der Waals surface area contributed by atoms with Gasteiger partial charge in [0.2, 0.25) is 11.8 Å². The number of hydrogen-bond donors (Lipinski definition) is 2. The Morgan fingerprint density at radius 2 is 1.32 bits per heavy atom. The molecule has 0 atom stereocenters. The van der Waals surface area contributed by atoms with Crippen LogP contribution >= 0.6 is 11.8 Å². The number of benzene rings is 4. The summed E-state index contributed by atoms with van der Waals surface area (Å²) in [5.74, 6) is -0.865. The van der Waals surface area contributed by atoms with Crippen LogP contribution in [0.3, 0.4) is 0 Å². The van der Waals surface area contributed by atoms with Crippen molar-refractivity contribution in [2.24, 2.45) is 0 Å². The zero-order valence-corrected chi connectivity index (χ0v) is 20.5. The number of thioether (sulfide) groups is 1. The number of rotatable bonds is 7. The fraction of sp³-hybridized carbons (Fsp3) is 0.0667. The van der Waals surface area contributed by atoms with E-state index in [9.17, 15) is 19.2 Å². The Balaban J connectivity index is 1.23. The van der Waals surface area contributed by atoms with Crippen molar-refractivity contribution in [1.29, 1.82) is 0 Å². The summed E-state index contributed by atoms with van der Waals surface area (Å²) in [6.45, 7) is 0. The van der Waals surface area contributed by atoms with Crippen molar-refractivity contribution in [2.75, 3.05) is 16.4 Å². The van der Waals surface area contributed by atoms with Gasteiger partial charge in [-0.2, -0.15) is 0 Å². The van der Waals surface area contributed by atoms with Crippen LogP contribution < -0.4 is 10.6 Å². The maximum Gasteiger partial charge on any atom is 0.234 e. The fourth-order valence-corrected chi connectivity index (χ4v) is 4.99. The lowest BCUT2D eigenvalue weighted by molar-refractivity contribution is -0.115. The standard InChI is InChI=1S/C30H22N2O4S/c33-26(16-19-8-2-1-3-9-19)31-20-10-6-11-21(17-20)37-18-27(34)32-25-15-7-14-24-28(25)30(36)23-13-5-4-12-22(23)29(24)35/h1-15,17H,16,18H2,(H,31,33)(H,32,34). The van der Waals surface area contributed by atoms with Gasteiger partial charge in [-0.15, -0.1) is 11.8 Å². The van der Waals surface area contributed by atoms with Gasteiger partial charge in [-0.25, -0.2) is 0 Å². The van der Waals surface area contributed by atoms with Crippen LogP contribution in [-0.4, -0.2) is 29.1 Å². The molecule has 0 saturated carbocycles. The molecule has 4 aromatic carbocycles. The van der Waals surface area contributed by atoms with Gasteiger partial charge in [0.25, 0.3) is 0 Å². The Bertz CT molecular complexity index is 1530. The van der Waals surface area contributed by atoms with Crippen molar-refractivity contribution in [2.45, 2.75) is 11.3 Å². The van der Waals surface area contributed by atoms with Crippen LogP contribution in [0.5, 0.6) is 0 Å². The molecule has 0 aromatic heterocycles. The van der Waals surface area contributed by atoms with Crippen molar-refractivity contribution in [3.63, 3.8) is 0 Å². The van der Waals surface area contributed by atoms with E-state index in [0.29, 0.717) is 22.5 Å². The number of hydrogen-bond acceptors (Lipinski definition) is 5. The van der Waals surface area contributed by atoms with Crippen LogP contribution in [0.25, 0.3) is 0 Å². The fourth-order valence-electron chi connectivity index (χ4n) is 4.23. The molecule has 6 nitrogen and oxygen atoms in total. The molecule has 7 heteroatoms. The summed E-state index contributed by atoms with van der Waals surface area (Å²) in [5.41, 5.74) is 3.09. The predicted molar refractivity (Wildman–Crippen MR) is 144 cm³/mol. The van der Waals surface area contributed by atoms with Gasteiger partial charge in [-0.1, -0.05) is 72.8 Å². The minimum absolute atomic E-state index is 0.0871. The van der Waals surface area contributed by atoms with E-state index in [4.69, 9.17) is 0 Å². The Kier molecular flexibility index (Phi) is 6.96.